The summed E-state index contributed by atoms with van der Waals surface area (Å²) in [7, 11) is 0. The molecule has 4 heterocycles. The minimum absolute atomic E-state index is 0.0591. The molecule has 1 aromatic carbocycles. The first-order valence-corrected chi connectivity index (χ1v) is 11.3. The molecular formula is C25H21N3O8. The van der Waals surface area contributed by atoms with E-state index in [0.29, 0.717) is 22.0 Å². The van der Waals surface area contributed by atoms with Gasteiger partial charge in [0.05, 0.1) is 34.7 Å². The number of rotatable bonds is 5. The molecule has 0 bridgehead atoms. The first-order chi connectivity index (χ1) is 17.2. The number of carbonyl (C=O) groups is 2. The minimum Gasteiger partial charge on any atom is -0.463 e. The lowest BCUT2D eigenvalue weighted by Crippen LogP contribution is -2.45. The molecule has 1 atom stereocenters. The predicted octanol–water partition coefficient (Wildman–Crippen LogP) is 2.56. The first kappa shape index (κ1) is 23.4. The van der Waals surface area contributed by atoms with E-state index in [4.69, 9.17) is 9.47 Å². The summed E-state index contributed by atoms with van der Waals surface area (Å²) in [5.74, 6) is -1.61. The Labute approximate surface area is 203 Å². The van der Waals surface area contributed by atoms with Crippen LogP contribution in [0, 0.1) is 10.1 Å². The number of carbonyl (C=O) groups excluding carboxylic acids is 2. The minimum atomic E-state index is -2.35. The number of aliphatic hydroxyl groups is 1. The van der Waals surface area contributed by atoms with E-state index in [-0.39, 0.29) is 42.1 Å². The predicted molar refractivity (Wildman–Crippen MR) is 127 cm³/mol. The number of nitro groups is 1. The van der Waals surface area contributed by atoms with Gasteiger partial charge in [0.25, 0.3) is 5.56 Å². The summed E-state index contributed by atoms with van der Waals surface area (Å²) in [4.78, 5) is 54.4. The number of cyclic esters (lactones) is 1. The van der Waals surface area contributed by atoms with Gasteiger partial charge in [0.15, 0.2) is 5.60 Å². The van der Waals surface area contributed by atoms with Crippen LogP contribution in [0.15, 0.2) is 35.1 Å². The average Bonchev–Trinajstić information content (AvgIpc) is 3.23. The zero-order valence-corrected chi connectivity index (χ0v) is 19.4. The fourth-order valence-electron chi connectivity index (χ4n) is 4.91. The number of para-hydroxylation sites is 1. The van der Waals surface area contributed by atoms with E-state index in [9.17, 15) is 29.6 Å². The van der Waals surface area contributed by atoms with Gasteiger partial charge in [-0.3, -0.25) is 19.5 Å². The highest BCUT2D eigenvalue weighted by atomic mass is 16.6. The Kier molecular flexibility index (Phi) is 5.44. The number of benzene rings is 1. The molecule has 0 aliphatic carbocycles. The number of hydrogen-bond donors (Lipinski definition) is 1. The summed E-state index contributed by atoms with van der Waals surface area (Å²) in [6.07, 6.45) is 2.56. The molecule has 184 valence electrons. The van der Waals surface area contributed by atoms with Crippen LogP contribution in [0.3, 0.4) is 0 Å². The third-order valence-electron chi connectivity index (χ3n) is 6.58. The summed E-state index contributed by atoms with van der Waals surface area (Å²) in [5, 5.41) is 24.2. The van der Waals surface area contributed by atoms with Crippen molar-refractivity contribution >= 4 is 34.6 Å². The van der Waals surface area contributed by atoms with Crippen LogP contribution < -0.4 is 5.56 Å². The van der Waals surface area contributed by atoms with Gasteiger partial charge in [-0.05, 0) is 31.1 Å². The Bertz CT molecular complexity index is 1570. The van der Waals surface area contributed by atoms with Crippen molar-refractivity contribution in [3.05, 3.63) is 73.1 Å². The van der Waals surface area contributed by atoms with Gasteiger partial charge >= 0.3 is 17.6 Å². The molecule has 2 aliphatic heterocycles. The van der Waals surface area contributed by atoms with Gasteiger partial charge in [0.2, 0.25) is 0 Å². The van der Waals surface area contributed by atoms with E-state index >= 15 is 0 Å². The van der Waals surface area contributed by atoms with Crippen molar-refractivity contribution < 1.29 is 29.1 Å². The SMILES string of the molecule is CCOC(=O)/C=C/c1c2c(nc3ccccc13)-c1c([N+](=O)[O-])c3c(c(=O)n1C2)COC(=O)[C@]3(O)CC. The van der Waals surface area contributed by atoms with Gasteiger partial charge in [0.1, 0.15) is 18.0 Å². The molecule has 0 radical (unpaired) electrons. The molecule has 11 heteroatoms. The van der Waals surface area contributed by atoms with Crippen LogP contribution >= 0.6 is 0 Å². The fraction of sp³-hybridized carbons (Fsp3) is 0.280. The van der Waals surface area contributed by atoms with E-state index in [1.54, 1.807) is 37.3 Å². The van der Waals surface area contributed by atoms with Crippen LogP contribution in [0.2, 0.25) is 0 Å². The number of pyridine rings is 2. The Balaban J connectivity index is 1.88. The van der Waals surface area contributed by atoms with Crippen LogP contribution in [-0.2, 0) is 37.8 Å². The van der Waals surface area contributed by atoms with Gasteiger partial charge < -0.3 is 14.6 Å². The highest BCUT2D eigenvalue weighted by Crippen LogP contribution is 2.47. The van der Waals surface area contributed by atoms with Gasteiger partial charge in [-0.15, -0.1) is 0 Å². The highest BCUT2D eigenvalue weighted by Gasteiger charge is 2.51. The van der Waals surface area contributed by atoms with Crippen LogP contribution in [-0.4, -0.2) is 38.1 Å². The maximum atomic E-state index is 13.5. The summed E-state index contributed by atoms with van der Waals surface area (Å²) in [5.41, 5.74) is -2.43. The second-order valence-electron chi connectivity index (χ2n) is 8.44. The van der Waals surface area contributed by atoms with Crippen molar-refractivity contribution in [2.75, 3.05) is 6.61 Å². The maximum absolute atomic E-state index is 13.5. The van der Waals surface area contributed by atoms with Crippen LogP contribution in [0.25, 0.3) is 28.4 Å². The van der Waals surface area contributed by atoms with Crippen molar-refractivity contribution in [1.82, 2.24) is 9.55 Å². The van der Waals surface area contributed by atoms with Crippen molar-refractivity contribution in [2.45, 2.75) is 39.0 Å². The third-order valence-corrected chi connectivity index (χ3v) is 6.58. The molecule has 0 amide bonds. The molecule has 0 fully saturated rings. The highest BCUT2D eigenvalue weighted by molar-refractivity contribution is 5.98. The lowest BCUT2D eigenvalue weighted by atomic mass is 9.84. The molecule has 0 spiro atoms. The summed E-state index contributed by atoms with van der Waals surface area (Å²) >= 11 is 0. The molecule has 3 aromatic rings. The Hall–Kier alpha value is -4.38. The number of fused-ring (bicyclic) bond motifs is 5. The quantitative estimate of drug-likeness (QED) is 0.192. The van der Waals surface area contributed by atoms with Gasteiger partial charge in [-0.1, -0.05) is 25.1 Å². The van der Waals surface area contributed by atoms with Crippen molar-refractivity contribution in [3.63, 3.8) is 0 Å². The summed E-state index contributed by atoms with van der Waals surface area (Å²) < 4.78 is 11.2. The fourth-order valence-corrected chi connectivity index (χ4v) is 4.91. The molecule has 0 saturated heterocycles. The van der Waals surface area contributed by atoms with E-state index < -0.39 is 40.3 Å². The van der Waals surface area contributed by atoms with Crippen molar-refractivity contribution in [3.8, 4) is 11.4 Å². The summed E-state index contributed by atoms with van der Waals surface area (Å²) in [6.45, 7) is 2.80. The van der Waals surface area contributed by atoms with Gasteiger partial charge in [0, 0.05) is 17.0 Å². The normalized spacial score (nSPS) is 18.0. The van der Waals surface area contributed by atoms with Crippen molar-refractivity contribution in [2.24, 2.45) is 0 Å². The monoisotopic (exact) mass is 491 g/mol. The number of aromatic nitrogens is 2. The zero-order valence-electron chi connectivity index (χ0n) is 19.4. The largest absolute Gasteiger partial charge is 0.463 e. The average molecular weight is 491 g/mol. The summed E-state index contributed by atoms with van der Waals surface area (Å²) in [6, 6.07) is 7.04. The van der Waals surface area contributed by atoms with Gasteiger partial charge in [-0.2, -0.15) is 0 Å². The molecule has 2 aliphatic rings. The second kappa shape index (κ2) is 8.38. The standard InChI is InChI=1S/C25H21N3O8/c1-3-25(32)19-16(12-36-24(25)31)23(30)27-11-15-13(9-10-18(29)35-4-2)14-7-5-6-8-17(14)26-20(15)22(27)21(19)28(33)34/h5-10,32H,3-4,11-12H2,1-2H3/b10-9+/t25-/m0/s1. The molecule has 5 rings (SSSR count). The van der Waals surface area contributed by atoms with Crippen LogP contribution in [0.1, 0.15) is 42.5 Å². The number of ether oxygens (including phenoxy) is 2. The van der Waals surface area contributed by atoms with E-state index in [2.05, 4.69) is 4.98 Å². The van der Waals surface area contributed by atoms with E-state index in [1.807, 2.05) is 0 Å². The third kappa shape index (κ3) is 3.23. The van der Waals surface area contributed by atoms with Crippen molar-refractivity contribution in [1.29, 1.82) is 0 Å². The van der Waals surface area contributed by atoms with Crippen LogP contribution in [0.4, 0.5) is 5.69 Å². The van der Waals surface area contributed by atoms with Gasteiger partial charge in [-0.25, -0.2) is 14.6 Å². The Morgan fingerprint density at radius 1 is 1.31 bits per heavy atom. The van der Waals surface area contributed by atoms with E-state index in [1.165, 1.54) is 17.6 Å². The molecule has 1 N–H and O–H groups in total. The molecule has 2 aromatic heterocycles. The number of hydrogen-bond acceptors (Lipinski definition) is 9. The Morgan fingerprint density at radius 2 is 2.06 bits per heavy atom. The van der Waals surface area contributed by atoms with Crippen LogP contribution in [0.5, 0.6) is 0 Å². The Morgan fingerprint density at radius 3 is 2.75 bits per heavy atom. The smallest absolute Gasteiger partial charge is 0.343 e. The lowest BCUT2D eigenvalue weighted by Gasteiger charge is -2.31. The molecule has 11 nitrogen and oxygen atoms in total. The molecule has 0 saturated carbocycles. The molecule has 0 unspecified atom stereocenters. The number of esters is 2. The lowest BCUT2D eigenvalue weighted by molar-refractivity contribution is -0.386. The topological polar surface area (TPSA) is 151 Å². The molecular weight excluding hydrogens is 470 g/mol. The number of nitrogens with zero attached hydrogens (tertiary/aromatic N) is 3. The molecule has 36 heavy (non-hydrogen) atoms. The first-order valence-electron chi connectivity index (χ1n) is 11.3. The zero-order chi connectivity index (χ0) is 25.8. The maximum Gasteiger partial charge on any atom is 0.343 e. The van der Waals surface area contributed by atoms with E-state index in [0.717, 1.165) is 0 Å². The second-order valence-corrected chi connectivity index (χ2v) is 8.44.